The highest BCUT2D eigenvalue weighted by Crippen LogP contribution is 2.17. The van der Waals surface area contributed by atoms with Gasteiger partial charge < -0.3 is 15.7 Å². The molecule has 0 aliphatic rings. The van der Waals surface area contributed by atoms with Gasteiger partial charge in [0.15, 0.2) is 0 Å². The molecule has 1 atom stereocenters. The van der Waals surface area contributed by atoms with Crippen molar-refractivity contribution in [3.05, 3.63) is 75.8 Å². The minimum atomic E-state index is -0.485. The van der Waals surface area contributed by atoms with Gasteiger partial charge >= 0.3 is 6.03 Å². The molecule has 1 unspecified atom stereocenters. The summed E-state index contributed by atoms with van der Waals surface area (Å²) in [5.41, 5.74) is 1.37. The van der Waals surface area contributed by atoms with Crippen molar-refractivity contribution in [1.29, 1.82) is 0 Å². The summed E-state index contributed by atoms with van der Waals surface area (Å²) in [6.45, 7) is -0.166. The normalized spacial score (nSPS) is 11.5. The van der Waals surface area contributed by atoms with E-state index in [4.69, 9.17) is 0 Å². The maximum atomic E-state index is 12.0. The fourth-order valence-electron chi connectivity index (χ4n) is 2.31. The van der Waals surface area contributed by atoms with Crippen LogP contribution in [0.1, 0.15) is 11.1 Å². The first-order valence-electron chi connectivity index (χ1n) is 7.51. The molecule has 0 bridgehead atoms. The molecule has 2 aromatic carbocycles. The molecule has 24 heavy (non-hydrogen) atoms. The molecular weight excluding hydrogens is 310 g/mol. The van der Waals surface area contributed by atoms with Crippen LogP contribution in [0.25, 0.3) is 0 Å². The van der Waals surface area contributed by atoms with Crippen LogP contribution in [-0.2, 0) is 13.0 Å². The lowest BCUT2D eigenvalue weighted by atomic mass is 10.1. The molecule has 0 saturated carbocycles. The Labute approximate surface area is 139 Å². The Morgan fingerprint density at radius 3 is 2.46 bits per heavy atom. The van der Waals surface area contributed by atoms with Crippen molar-refractivity contribution in [2.75, 3.05) is 6.61 Å². The second-order valence-electron chi connectivity index (χ2n) is 5.28. The third-order valence-electron chi connectivity index (χ3n) is 3.51. The van der Waals surface area contributed by atoms with Crippen molar-refractivity contribution in [1.82, 2.24) is 10.6 Å². The van der Waals surface area contributed by atoms with Crippen LogP contribution in [0.4, 0.5) is 10.5 Å². The van der Waals surface area contributed by atoms with Gasteiger partial charge in [0, 0.05) is 11.6 Å². The Bertz CT molecular complexity index is 691. The molecule has 0 spiro atoms. The zero-order valence-corrected chi connectivity index (χ0v) is 13.0. The van der Waals surface area contributed by atoms with Crippen LogP contribution in [0.2, 0.25) is 0 Å². The summed E-state index contributed by atoms with van der Waals surface area (Å²) >= 11 is 0. The predicted molar refractivity (Wildman–Crippen MR) is 89.5 cm³/mol. The molecule has 2 aromatic rings. The summed E-state index contributed by atoms with van der Waals surface area (Å²) < 4.78 is 0. The van der Waals surface area contributed by atoms with Gasteiger partial charge in [-0.25, -0.2) is 4.79 Å². The van der Waals surface area contributed by atoms with Crippen molar-refractivity contribution in [3.8, 4) is 0 Å². The SMILES string of the molecule is O=C(NCc1ccccc1[N+](=O)[O-])NC(CO)Cc1ccccc1. The van der Waals surface area contributed by atoms with Crippen LogP contribution in [0.3, 0.4) is 0 Å². The van der Waals surface area contributed by atoms with Gasteiger partial charge in [0.1, 0.15) is 0 Å². The van der Waals surface area contributed by atoms with E-state index in [1.807, 2.05) is 30.3 Å². The van der Waals surface area contributed by atoms with Crippen LogP contribution < -0.4 is 10.6 Å². The number of aliphatic hydroxyl groups excluding tert-OH is 1. The molecule has 0 saturated heterocycles. The second-order valence-corrected chi connectivity index (χ2v) is 5.28. The smallest absolute Gasteiger partial charge is 0.315 e. The van der Waals surface area contributed by atoms with Gasteiger partial charge in [0.05, 0.1) is 24.1 Å². The molecule has 0 radical (unpaired) electrons. The second kappa shape index (κ2) is 8.64. The van der Waals surface area contributed by atoms with E-state index < -0.39 is 17.0 Å². The Morgan fingerprint density at radius 1 is 1.12 bits per heavy atom. The number of nitro groups is 1. The van der Waals surface area contributed by atoms with Gasteiger partial charge in [-0.3, -0.25) is 10.1 Å². The number of aliphatic hydroxyl groups is 1. The average Bonchev–Trinajstić information content (AvgIpc) is 2.60. The number of rotatable bonds is 7. The number of nitrogens with zero attached hydrogens (tertiary/aromatic N) is 1. The van der Waals surface area contributed by atoms with E-state index in [2.05, 4.69) is 10.6 Å². The van der Waals surface area contributed by atoms with Crippen molar-refractivity contribution in [2.24, 2.45) is 0 Å². The number of nitro benzene ring substituents is 1. The Balaban J connectivity index is 1.89. The number of urea groups is 1. The summed E-state index contributed by atoms with van der Waals surface area (Å²) in [6, 6.07) is 14.8. The molecule has 126 valence electrons. The standard InChI is InChI=1S/C17H19N3O4/c21-12-15(10-13-6-2-1-3-7-13)19-17(22)18-11-14-8-4-5-9-16(14)20(23)24/h1-9,15,21H,10-12H2,(H2,18,19,22). The van der Waals surface area contributed by atoms with E-state index in [1.54, 1.807) is 18.2 Å². The lowest BCUT2D eigenvalue weighted by Crippen LogP contribution is -2.44. The first kappa shape index (κ1) is 17.4. The minimum Gasteiger partial charge on any atom is -0.394 e. The highest BCUT2D eigenvalue weighted by atomic mass is 16.6. The largest absolute Gasteiger partial charge is 0.394 e. The number of para-hydroxylation sites is 1. The summed E-state index contributed by atoms with van der Waals surface area (Å²) in [4.78, 5) is 22.4. The summed E-state index contributed by atoms with van der Waals surface area (Å²) in [5, 5.41) is 25.6. The Kier molecular flexibility index (Phi) is 6.27. The van der Waals surface area contributed by atoms with E-state index in [0.29, 0.717) is 12.0 Å². The van der Waals surface area contributed by atoms with E-state index in [-0.39, 0.29) is 18.8 Å². The molecular formula is C17H19N3O4. The van der Waals surface area contributed by atoms with Gasteiger partial charge in [0.25, 0.3) is 5.69 Å². The number of amides is 2. The van der Waals surface area contributed by atoms with Crippen molar-refractivity contribution in [2.45, 2.75) is 19.0 Å². The first-order chi connectivity index (χ1) is 11.6. The number of carbonyl (C=O) groups excluding carboxylic acids is 1. The lowest BCUT2D eigenvalue weighted by Gasteiger charge is -2.17. The number of carbonyl (C=O) groups is 1. The zero-order chi connectivity index (χ0) is 17.4. The first-order valence-corrected chi connectivity index (χ1v) is 7.51. The summed E-state index contributed by atoms with van der Waals surface area (Å²) in [5.74, 6) is 0. The molecule has 0 aliphatic heterocycles. The van der Waals surface area contributed by atoms with Crippen LogP contribution in [0.15, 0.2) is 54.6 Å². The van der Waals surface area contributed by atoms with Crippen molar-refractivity contribution in [3.63, 3.8) is 0 Å². The number of benzene rings is 2. The van der Waals surface area contributed by atoms with Gasteiger partial charge in [-0.1, -0.05) is 48.5 Å². The monoisotopic (exact) mass is 329 g/mol. The number of nitrogens with one attached hydrogen (secondary N) is 2. The van der Waals surface area contributed by atoms with E-state index in [0.717, 1.165) is 5.56 Å². The molecule has 2 amide bonds. The number of hydrogen-bond donors (Lipinski definition) is 3. The summed E-state index contributed by atoms with van der Waals surface area (Å²) in [6.07, 6.45) is 0.496. The van der Waals surface area contributed by atoms with Crippen LogP contribution >= 0.6 is 0 Å². The molecule has 2 rings (SSSR count). The van der Waals surface area contributed by atoms with Crippen LogP contribution in [0, 0.1) is 10.1 Å². The highest BCUT2D eigenvalue weighted by molar-refractivity contribution is 5.74. The fraction of sp³-hybridized carbons (Fsp3) is 0.235. The maximum Gasteiger partial charge on any atom is 0.315 e. The van der Waals surface area contributed by atoms with Gasteiger partial charge in [-0.15, -0.1) is 0 Å². The topological polar surface area (TPSA) is 104 Å². The summed E-state index contributed by atoms with van der Waals surface area (Å²) in [7, 11) is 0. The third kappa shape index (κ3) is 5.06. The quantitative estimate of drug-likeness (QED) is 0.534. The molecule has 7 nitrogen and oxygen atoms in total. The molecule has 0 fully saturated rings. The lowest BCUT2D eigenvalue weighted by molar-refractivity contribution is -0.385. The third-order valence-corrected chi connectivity index (χ3v) is 3.51. The van der Waals surface area contributed by atoms with Gasteiger partial charge in [-0.05, 0) is 12.0 Å². The average molecular weight is 329 g/mol. The highest BCUT2D eigenvalue weighted by Gasteiger charge is 2.15. The van der Waals surface area contributed by atoms with Crippen molar-refractivity contribution >= 4 is 11.7 Å². The predicted octanol–water partition coefficient (Wildman–Crippen LogP) is 2.00. The Morgan fingerprint density at radius 2 is 1.79 bits per heavy atom. The molecule has 3 N–H and O–H groups in total. The minimum absolute atomic E-state index is 0.0342. The van der Waals surface area contributed by atoms with Gasteiger partial charge in [-0.2, -0.15) is 0 Å². The number of hydrogen-bond acceptors (Lipinski definition) is 4. The molecule has 0 aliphatic carbocycles. The Hall–Kier alpha value is -2.93. The molecule has 0 heterocycles. The zero-order valence-electron chi connectivity index (χ0n) is 13.0. The van der Waals surface area contributed by atoms with E-state index >= 15 is 0 Å². The van der Waals surface area contributed by atoms with Crippen LogP contribution in [0.5, 0.6) is 0 Å². The maximum absolute atomic E-state index is 12.0. The van der Waals surface area contributed by atoms with Crippen LogP contribution in [-0.4, -0.2) is 28.7 Å². The molecule has 7 heteroatoms. The van der Waals surface area contributed by atoms with Gasteiger partial charge in [0.2, 0.25) is 0 Å². The van der Waals surface area contributed by atoms with E-state index in [1.165, 1.54) is 6.07 Å². The van der Waals surface area contributed by atoms with Crippen molar-refractivity contribution < 1.29 is 14.8 Å². The van der Waals surface area contributed by atoms with E-state index in [9.17, 15) is 20.0 Å². The molecule has 0 aromatic heterocycles. The fourth-order valence-corrected chi connectivity index (χ4v) is 2.31.